The minimum absolute atomic E-state index is 0.777. The fourth-order valence-electron chi connectivity index (χ4n) is 4.27. The van der Waals surface area contributed by atoms with E-state index in [0.717, 1.165) is 77.0 Å². The summed E-state index contributed by atoms with van der Waals surface area (Å²) in [5.41, 5.74) is 0. The Morgan fingerprint density at radius 3 is 0.708 bits per heavy atom. The average Bonchev–Trinajstić information content (AvgIpc) is 2.70. The Morgan fingerprint density at radius 2 is 0.500 bits per heavy atom. The molecule has 4 aliphatic rings. The largest absolute Gasteiger partial charge is 0.234 e. The summed E-state index contributed by atoms with van der Waals surface area (Å²) in [6, 6.07) is 0. The molecule has 4 fully saturated rings. The molecule has 6 heteroatoms. The Labute approximate surface area is 143 Å². The van der Waals surface area contributed by atoms with Gasteiger partial charge in [-0.1, -0.05) is 19.3 Å². The highest BCUT2D eigenvalue weighted by Crippen LogP contribution is 2.44. The van der Waals surface area contributed by atoms with Crippen molar-refractivity contribution < 1.29 is 29.3 Å². The second-order valence-corrected chi connectivity index (χ2v) is 7.91. The maximum absolute atomic E-state index is 5.87. The van der Waals surface area contributed by atoms with Gasteiger partial charge in [-0.3, -0.25) is 0 Å². The number of hydrogen-bond donors (Lipinski definition) is 0. The lowest BCUT2D eigenvalue weighted by atomic mass is 9.94. The Balaban J connectivity index is 1.56. The van der Waals surface area contributed by atoms with E-state index in [2.05, 4.69) is 0 Å². The molecule has 0 aromatic heterocycles. The highest BCUT2D eigenvalue weighted by molar-refractivity contribution is 4.79. The average molecular weight is 342 g/mol. The molecular formula is C18H30O6. The summed E-state index contributed by atoms with van der Waals surface area (Å²) in [4.78, 5) is 35.2. The Bertz CT molecular complexity index is 328. The summed E-state index contributed by atoms with van der Waals surface area (Å²) in [7, 11) is 0. The van der Waals surface area contributed by atoms with Crippen LogP contribution in [0.1, 0.15) is 96.3 Å². The van der Waals surface area contributed by atoms with Crippen molar-refractivity contribution in [2.75, 3.05) is 0 Å². The van der Waals surface area contributed by atoms with Gasteiger partial charge in [0.25, 0.3) is 0 Å². The van der Waals surface area contributed by atoms with Crippen LogP contribution in [0.3, 0.4) is 0 Å². The van der Waals surface area contributed by atoms with Crippen LogP contribution in [0.2, 0.25) is 0 Å². The molecule has 0 bridgehead atoms. The van der Waals surface area contributed by atoms with E-state index in [1.54, 1.807) is 0 Å². The Morgan fingerprint density at radius 1 is 0.292 bits per heavy atom. The molecule has 0 radical (unpaired) electrons. The first-order valence-electron chi connectivity index (χ1n) is 9.85. The van der Waals surface area contributed by atoms with Crippen molar-refractivity contribution in [1.82, 2.24) is 0 Å². The fraction of sp³-hybridized carbons (Fsp3) is 1.00. The standard InChI is InChI=1S/C18H30O6/c1-4-10-16(11-5-1)19-21-17(12-6-2-7-13-17)23-24-18(22-20-16)14-8-3-9-15-18/h1-15H2. The van der Waals surface area contributed by atoms with Crippen LogP contribution in [0.5, 0.6) is 0 Å². The zero-order valence-electron chi connectivity index (χ0n) is 14.6. The van der Waals surface area contributed by atoms with Gasteiger partial charge in [-0.15, -0.1) is 0 Å². The van der Waals surface area contributed by atoms with Crippen molar-refractivity contribution in [3.05, 3.63) is 0 Å². The van der Waals surface area contributed by atoms with Gasteiger partial charge in [-0.25, -0.2) is 0 Å². The van der Waals surface area contributed by atoms with Crippen molar-refractivity contribution in [2.45, 2.75) is 114 Å². The molecule has 3 spiro atoms. The molecular weight excluding hydrogens is 312 g/mol. The maximum atomic E-state index is 5.87. The van der Waals surface area contributed by atoms with Crippen LogP contribution >= 0.6 is 0 Å². The van der Waals surface area contributed by atoms with Crippen LogP contribution < -0.4 is 0 Å². The molecule has 4 rings (SSSR count). The quantitative estimate of drug-likeness (QED) is 0.588. The second-order valence-electron chi connectivity index (χ2n) is 7.91. The van der Waals surface area contributed by atoms with E-state index in [-0.39, 0.29) is 0 Å². The monoisotopic (exact) mass is 342 g/mol. The minimum atomic E-state index is -0.829. The summed E-state index contributed by atoms with van der Waals surface area (Å²) in [5, 5.41) is 0. The zero-order chi connectivity index (χ0) is 16.3. The van der Waals surface area contributed by atoms with Gasteiger partial charge in [0.1, 0.15) is 0 Å². The van der Waals surface area contributed by atoms with Crippen LogP contribution in [0.4, 0.5) is 0 Å². The highest BCUT2D eigenvalue weighted by atomic mass is 17.4. The van der Waals surface area contributed by atoms with E-state index >= 15 is 0 Å². The molecule has 1 aliphatic heterocycles. The summed E-state index contributed by atoms with van der Waals surface area (Å²) < 4.78 is 0. The second kappa shape index (κ2) is 7.17. The third kappa shape index (κ3) is 3.64. The molecule has 1 heterocycles. The molecule has 6 nitrogen and oxygen atoms in total. The summed E-state index contributed by atoms with van der Waals surface area (Å²) in [6.07, 6.45) is 14.5. The first-order valence-corrected chi connectivity index (χ1v) is 9.85. The van der Waals surface area contributed by atoms with Crippen LogP contribution in [0.15, 0.2) is 0 Å². The summed E-state index contributed by atoms with van der Waals surface area (Å²) in [5.74, 6) is -2.49. The van der Waals surface area contributed by atoms with Gasteiger partial charge in [0.05, 0.1) is 0 Å². The molecule has 0 N–H and O–H groups in total. The summed E-state index contributed by atoms with van der Waals surface area (Å²) >= 11 is 0. The summed E-state index contributed by atoms with van der Waals surface area (Å²) in [6.45, 7) is 0. The van der Waals surface area contributed by atoms with Gasteiger partial charge in [-0.2, -0.15) is 29.3 Å². The third-order valence-corrected chi connectivity index (χ3v) is 5.88. The fourth-order valence-corrected chi connectivity index (χ4v) is 4.27. The molecule has 0 aromatic rings. The molecule has 3 saturated carbocycles. The van der Waals surface area contributed by atoms with Crippen LogP contribution in [-0.4, -0.2) is 17.4 Å². The van der Waals surface area contributed by atoms with Crippen LogP contribution in [-0.2, 0) is 29.3 Å². The van der Waals surface area contributed by atoms with E-state index < -0.39 is 17.4 Å². The van der Waals surface area contributed by atoms with E-state index in [9.17, 15) is 0 Å². The molecule has 138 valence electrons. The first kappa shape index (κ1) is 17.2. The van der Waals surface area contributed by atoms with Gasteiger partial charge < -0.3 is 0 Å². The highest BCUT2D eigenvalue weighted by Gasteiger charge is 2.50. The van der Waals surface area contributed by atoms with Gasteiger partial charge in [-0.05, 0) is 38.5 Å². The Kier molecular flexibility index (Phi) is 5.14. The topological polar surface area (TPSA) is 55.4 Å². The molecule has 0 aromatic carbocycles. The van der Waals surface area contributed by atoms with Crippen molar-refractivity contribution in [3.8, 4) is 0 Å². The lowest BCUT2D eigenvalue weighted by Crippen LogP contribution is -2.44. The Hall–Kier alpha value is -0.240. The van der Waals surface area contributed by atoms with Gasteiger partial charge in [0.15, 0.2) is 0 Å². The van der Waals surface area contributed by atoms with Crippen molar-refractivity contribution >= 4 is 0 Å². The predicted octanol–water partition coefficient (Wildman–Crippen LogP) is 4.83. The van der Waals surface area contributed by atoms with Gasteiger partial charge >= 0.3 is 0 Å². The van der Waals surface area contributed by atoms with E-state index in [1.807, 2.05) is 0 Å². The maximum Gasteiger partial charge on any atom is 0.234 e. The minimum Gasteiger partial charge on any atom is -0.195 e. The van der Waals surface area contributed by atoms with E-state index in [1.165, 1.54) is 19.3 Å². The lowest BCUT2D eigenvalue weighted by molar-refractivity contribution is -0.555. The molecule has 0 unspecified atom stereocenters. The van der Waals surface area contributed by atoms with Crippen molar-refractivity contribution in [2.24, 2.45) is 0 Å². The van der Waals surface area contributed by atoms with Gasteiger partial charge in [0.2, 0.25) is 17.4 Å². The zero-order valence-corrected chi connectivity index (χ0v) is 14.6. The SMILES string of the molecule is C1CCC2(CC1)OOC1(CCCCC1)OOC1(CCCCC1)OO2. The van der Waals surface area contributed by atoms with Crippen molar-refractivity contribution in [1.29, 1.82) is 0 Å². The van der Waals surface area contributed by atoms with Crippen LogP contribution in [0.25, 0.3) is 0 Å². The third-order valence-electron chi connectivity index (χ3n) is 5.88. The normalized spacial score (nSPS) is 33.0. The molecule has 3 aliphatic carbocycles. The smallest absolute Gasteiger partial charge is 0.195 e. The van der Waals surface area contributed by atoms with E-state index in [4.69, 9.17) is 29.3 Å². The number of hydrogen-bond acceptors (Lipinski definition) is 6. The molecule has 1 saturated heterocycles. The van der Waals surface area contributed by atoms with Crippen molar-refractivity contribution in [3.63, 3.8) is 0 Å². The first-order chi connectivity index (χ1) is 11.7. The predicted molar refractivity (Wildman–Crippen MR) is 84.0 cm³/mol. The number of rotatable bonds is 0. The molecule has 0 atom stereocenters. The van der Waals surface area contributed by atoms with Gasteiger partial charge in [0, 0.05) is 38.5 Å². The lowest BCUT2D eigenvalue weighted by Gasteiger charge is -2.37. The molecule has 24 heavy (non-hydrogen) atoms. The molecule has 0 amide bonds. The van der Waals surface area contributed by atoms with E-state index in [0.29, 0.717) is 0 Å². The van der Waals surface area contributed by atoms with Crippen LogP contribution in [0, 0.1) is 0 Å².